The molecule has 2 N–H and O–H groups in total. The van der Waals surface area contributed by atoms with Gasteiger partial charge in [0.15, 0.2) is 0 Å². The van der Waals surface area contributed by atoms with Crippen molar-refractivity contribution in [3.8, 4) is 0 Å². The molecule has 19 heavy (non-hydrogen) atoms. The molecular weight excluding hydrogens is 240 g/mol. The Bertz CT molecular complexity index is 432. The molecule has 3 heteroatoms. The Labute approximate surface area is 114 Å². The van der Waals surface area contributed by atoms with Gasteiger partial charge in [0.1, 0.15) is 5.60 Å². The molecule has 1 aromatic rings. The summed E-state index contributed by atoms with van der Waals surface area (Å²) < 4.78 is 0. The van der Waals surface area contributed by atoms with Gasteiger partial charge in [-0.25, -0.2) is 0 Å². The van der Waals surface area contributed by atoms with Gasteiger partial charge in [0.2, 0.25) is 0 Å². The van der Waals surface area contributed by atoms with E-state index < -0.39 is 11.6 Å². The Hall–Kier alpha value is -1.35. The second-order valence-corrected chi connectivity index (χ2v) is 5.70. The van der Waals surface area contributed by atoms with Crippen molar-refractivity contribution in [2.24, 2.45) is 5.92 Å². The topological polar surface area (TPSA) is 57.5 Å². The molecule has 0 saturated heterocycles. The first-order chi connectivity index (χ1) is 9.02. The van der Waals surface area contributed by atoms with Crippen LogP contribution in [0.4, 0.5) is 0 Å². The lowest BCUT2D eigenvalue weighted by molar-refractivity contribution is -0.147. The summed E-state index contributed by atoms with van der Waals surface area (Å²) in [7, 11) is 0. The van der Waals surface area contributed by atoms with Crippen molar-refractivity contribution < 1.29 is 15.0 Å². The van der Waals surface area contributed by atoms with Gasteiger partial charge in [-0.2, -0.15) is 0 Å². The molecule has 1 atom stereocenters. The van der Waals surface area contributed by atoms with Gasteiger partial charge in [-0.3, -0.25) is 4.79 Å². The second-order valence-electron chi connectivity index (χ2n) is 5.70. The number of carbonyl (C=O) groups is 1. The van der Waals surface area contributed by atoms with E-state index >= 15 is 0 Å². The predicted molar refractivity (Wildman–Crippen MR) is 73.9 cm³/mol. The molecule has 2 rings (SSSR count). The molecule has 1 saturated carbocycles. The van der Waals surface area contributed by atoms with Crippen LogP contribution in [0.3, 0.4) is 0 Å². The molecule has 104 valence electrons. The fourth-order valence-corrected chi connectivity index (χ4v) is 3.13. The van der Waals surface area contributed by atoms with Crippen molar-refractivity contribution in [2.75, 3.05) is 0 Å². The average molecular weight is 262 g/mol. The van der Waals surface area contributed by atoms with Crippen LogP contribution in [0.15, 0.2) is 24.3 Å². The molecule has 1 aliphatic carbocycles. The Balaban J connectivity index is 2.32. The van der Waals surface area contributed by atoms with E-state index in [2.05, 4.69) is 0 Å². The first-order valence-corrected chi connectivity index (χ1v) is 7.03. The molecule has 0 heterocycles. The number of aryl methyl sites for hydroxylation is 1. The third-order valence-corrected chi connectivity index (χ3v) is 4.25. The summed E-state index contributed by atoms with van der Waals surface area (Å²) in [6, 6.07) is 7.61. The van der Waals surface area contributed by atoms with Crippen LogP contribution in [0.25, 0.3) is 0 Å². The normalized spacial score (nSPS) is 19.9. The molecule has 0 spiro atoms. The van der Waals surface area contributed by atoms with E-state index in [1.165, 1.54) is 6.42 Å². The van der Waals surface area contributed by atoms with Gasteiger partial charge in [0.05, 0.1) is 6.42 Å². The standard InChI is InChI=1S/C16H22O3/c1-12-7-9-14(10-8-12)16(19,11-15(17)18)13-5-3-2-4-6-13/h7-10,13,19H,2-6,11H2,1H3,(H,17,18). The van der Waals surface area contributed by atoms with Gasteiger partial charge in [-0.15, -0.1) is 0 Å². The highest BCUT2D eigenvalue weighted by Gasteiger charge is 2.40. The largest absolute Gasteiger partial charge is 0.481 e. The smallest absolute Gasteiger partial charge is 0.306 e. The molecule has 0 bridgehead atoms. The molecule has 0 amide bonds. The van der Waals surface area contributed by atoms with E-state index in [1.807, 2.05) is 31.2 Å². The third kappa shape index (κ3) is 3.16. The van der Waals surface area contributed by atoms with Crippen LogP contribution in [-0.4, -0.2) is 16.2 Å². The zero-order chi connectivity index (χ0) is 13.9. The lowest BCUT2D eigenvalue weighted by Crippen LogP contribution is -2.38. The zero-order valence-electron chi connectivity index (χ0n) is 11.4. The van der Waals surface area contributed by atoms with E-state index in [1.54, 1.807) is 0 Å². The van der Waals surface area contributed by atoms with Crippen molar-refractivity contribution >= 4 is 5.97 Å². The first kappa shape index (κ1) is 14.1. The molecule has 0 radical (unpaired) electrons. The van der Waals surface area contributed by atoms with Gasteiger partial charge >= 0.3 is 5.97 Å². The average Bonchev–Trinajstić information content (AvgIpc) is 2.39. The summed E-state index contributed by atoms with van der Waals surface area (Å²) in [6.45, 7) is 1.99. The van der Waals surface area contributed by atoms with Crippen LogP contribution in [0.5, 0.6) is 0 Å². The minimum absolute atomic E-state index is 0.0556. The second kappa shape index (κ2) is 5.74. The van der Waals surface area contributed by atoms with Gasteiger partial charge < -0.3 is 10.2 Å². The quantitative estimate of drug-likeness (QED) is 0.875. The number of carboxylic acids is 1. The Kier molecular flexibility index (Phi) is 4.25. The fraction of sp³-hybridized carbons (Fsp3) is 0.562. The number of hydrogen-bond donors (Lipinski definition) is 2. The summed E-state index contributed by atoms with van der Waals surface area (Å²) >= 11 is 0. The monoisotopic (exact) mass is 262 g/mol. The van der Waals surface area contributed by atoms with Crippen LogP contribution in [0, 0.1) is 12.8 Å². The Morgan fingerprint density at radius 3 is 2.32 bits per heavy atom. The van der Waals surface area contributed by atoms with Crippen molar-refractivity contribution in [2.45, 2.75) is 51.0 Å². The van der Waals surface area contributed by atoms with Gasteiger partial charge in [-0.1, -0.05) is 49.1 Å². The van der Waals surface area contributed by atoms with Gasteiger partial charge in [0, 0.05) is 0 Å². The van der Waals surface area contributed by atoms with Crippen molar-refractivity contribution in [3.63, 3.8) is 0 Å². The van der Waals surface area contributed by atoms with Crippen LogP contribution >= 0.6 is 0 Å². The summed E-state index contributed by atoms with van der Waals surface area (Å²) in [5.41, 5.74) is 0.636. The number of aliphatic carboxylic acids is 1. The van der Waals surface area contributed by atoms with Gasteiger partial charge in [-0.05, 0) is 31.2 Å². The Morgan fingerprint density at radius 1 is 1.21 bits per heavy atom. The van der Waals surface area contributed by atoms with Crippen LogP contribution in [-0.2, 0) is 10.4 Å². The molecule has 0 aliphatic heterocycles. The lowest BCUT2D eigenvalue weighted by atomic mass is 9.71. The van der Waals surface area contributed by atoms with Crippen LogP contribution in [0.1, 0.15) is 49.7 Å². The first-order valence-electron chi connectivity index (χ1n) is 7.03. The summed E-state index contributed by atoms with van der Waals surface area (Å²) in [5.74, 6) is -0.881. The van der Waals surface area contributed by atoms with Crippen molar-refractivity contribution in [3.05, 3.63) is 35.4 Å². The number of benzene rings is 1. The van der Waals surface area contributed by atoms with Crippen LogP contribution < -0.4 is 0 Å². The highest BCUT2D eigenvalue weighted by Crippen LogP contribution is 2.41. The third-order valence-electron chi connectivity index (χ3n) is 4.25. The number of aliphatic hydroxyl groups is 1. The number of hydrogen-bond acceptors (Lipinski definition) is 2. The predicted octanol–water partition coefficient (Wildman–Crippen LogP) is 3.24. The zero-order valence-corrected chi connectivity index (χ0v) is 11.4. The molecular formula is C16H22O3. The van der Waals surface area contributed by atoms with Crippen LogP contribution in [0.2, 0.25) is 0 Å². The maximum atomic E-state index is 11.1. The summed E-state index contributed by atoms with van der Waals surface area (Å²) in [4.78, 5) is 11.1. The highest BCUT2D eigenvalue weighted by atomic mass is 16.4. The van der Waals surface area contributed by atoms with Crippen molar-refractivity contribution in [1.29, 1.82) is 0 Å². The molecule has 1 aliphatic rings. The molecule has 1 fully saturated rings. The van der Waals surface area contributed by atoms with E-state index in [4.69, 9.17) is 5.11 Å². The SMILES string of the molecule is Cc1ccc(C(O)(CC(=O)O)C2CCCCC2)cc1. The molecule has 0 aromatic heterocycles. The summed E-state index contributed by atoms with van der Waals surface area (Å²) in [6.07, 6.45) is 4.97. The van der Waals surface area contributed by atoms with E-state index in [-0.39, 0.29) is 12.3 Å². The number of rotatable bonds is 4. The minimum Gasteiger partial charge on any atom is -0.481 e. The van der Waals surface area contributed by atoms with Gasteiger partial charge in [0.25, 0.3) is 0 Å². The van der Waals surface area contributed by atoms with E-state index in [9.17, 15) is 9.90 Å². The van der Waals surface area contributed by atoms with Crippen molar-refractivity contribution in [1.82, 2.24) is 0 Å². The summed E-state index contributed by atoms with van der Waals surface area (Å²) in [5, 5.41) is 20.1. The minimum atomic E-state index is -1.22. The molecule has 1 unspecified atom stereocenters. The van der Waals surface area contributed by atoms with E-state index in [0.717, 1.165) is 36.8 Å². The fourth-order valence-electron chi connectivity index (χ4n) is 3.13. The maximum Gasteiger partial charge on any atom is 0.306 e. The van der Waals surface area contributed by atoms with E-state index in [0.29, 0.717) is 0 Å². The highest BCUT2D eigenvalue weighted by molar-refractivity contribution is 5.68. The maximum absolute atomic E-state index is 11.1. The Morgan fingerprint density at radius 2 is 1.79 bits per heavy atom. The molecule has 3 nitrogen and oxygen atoms in total. The molecule has 1 aromatic carbocycles. The number of carboxylic acid groups (broad SMARTS) is 1. The lowest BCUT2D eigenvalue weighted by Gasteiger charge is -2.38.